The summed E-state index contributed by atoms with van der Waals surface area (Å²) in [5.41, 5.74) is 3.47. The summed E-state index contributed by atoms with van der Waals surface area (Å²) in [6.45, 7) is 0.945. The zero-order valence-electron chi connectivity index (χ0n) is 15.5. The number of nitrogens with zero attached hydrogens (tertiary/aromatic N) is 1. The first-order valence-electron chi connectivity index (χ1n) is 9.07. The second-order valence-corrected chi connectivity index (χ2v) is 6.82. The summed E-state index contributed by atoms with van der Waals surface area (Å²) in [6, 6.07) is 11.1. The summed E-state index contributed by atoms with van der Waals surface area (Å²) in [5, 5.41) is 9.69. The van der Waals surface area contributed by atoms with Crippen molar-refractivity contribution in [1.82, 2.24) is 10.7 Å². The third kappa shape index (κ3) is 6.00. The Labute approximate surface area is 172 Å². The van der Waals surface area contributed by atoms with Gasteiger partial charge in [-0.1, -0.05) is 23.7 Å². The van der Waals surface area contributed by atoms with E-state index in [1.54, 1.807) is 36.4 Å². The molecule has 2 amide bonds. The van der Waals surface area contributed by atoms with E-state index in [0.29, 0.717) is 22.9 Å². The maximum atomic E-state index is 13.9. The molecular formula is C20H20ClFN4O3. The number of amides is 2. The zero-order valence-corrected chi connectivity index (χ0v) is 16.2. The van der Waals surface area contributed by atoms with Crippen LogP contribution in [-0.4, -0.2) is 37.3 Å². The van der Waals surface area contributed by atoms with E-state index in [9.17, 15) is 14.0 Å². The molecule has 0 spiro atoms. The van der Waals surface area contributed by atoms with Gasteiger partial charge in [0.25, 0.3) is 0 Å². The molecule has 0 aliphatic carbocycles. The van der Waals surface area contributed by atoms with Gasteiger partial charge >= 0.3 is 11.8 Å². The summed E-state index contributed by atoms with van der Waals surface area (Å²) in [5.74, 6) is -2.11. The lowest BCUT2D eigenvalue weighted by Crippen LogP contribution is -2.41. The number of benzene rings is 2. The van der Waals surface area contributed by atoms with Gasteiger partial charge in [0.1, 0.15) is 5.82 Å². The first kappa shape index (κ1) is 20.8. The lowest BCUT2D eigenvalue weighted by Gasteiger charge is -2.11. The maximum absolute atomic E-state index is 13.9. The quantitative estimate of drug-likeness (QED) is 0.382. The Morgan fingerprint density at radius 1 is 1.21 bits per heavy atom. The SMILES string of the molecule is O=C(NC[C@H]1CCCO1)C(=O)N/N=C\c1cc(Cl)ccc1Nc1ccccc1F. The van der Waals surface area contributed by atoms with E-state index >= 15 is 0 Å². The van der Waals surface area contributed by atoms with Crippen molar-refractivity contribution in [3.63, 3.8) is 0 Å². The molecule has 7 nitrogen and oxygen atoms in total. The van der Waals surface area contributed by atoms with Crippen molar-refractivity contribution in [3.8, 4) is 0 Å². The average molecular weight is 419 g/mol. The summed E-state index contributed by atoms with van der Waals surface area (Å²) in [4.78, 5) is 23.7. The third-order valence-corrected chi connectivity index (χ3v) is 4.48. The van der Waals surface area contributed by atoms with E-state index in [1.165, 1.54) is 12.3 Å². The van der Waals surface area contributed by atoms with Crippen molar-refractivity contribution in [2.45, 2.75) is 18.9 Å². The molecule has 1 aliphatic rings. The van der Waals surface area contributed by atoms with Crippen LogP contribution in [0.5, 0.6) is 0 Å². The highest BCUT2D eigenvalue weighted by atomic mass is 35.5. The Kier molecular flexibility index (Phi) is 7.15. The number of para-hydroxylation sites is 1. The molecule has 1 aliphatic heterocycles. The summed E-state index contributed by atoms with van der Waals surface area (Å²) < 4.78 is 19.3. The standard InChI is InChI=1S/C20H20ClFN4O3/c21-14-7-8-17(25-18-6-2-1-5-16(18)22)13(10-14)11-24-26-20(28)19(27)23-12-15-4-3-9-29-15/h1-2,5-8,10-11,15,25H,3-4,9,12H2,(H,23,27)(H,26,28)/b24-11-/t15-/m1/s1. The molecule has 152 valence electrons. The molecule has 2 aromatic rings. The smallest absolute Gasteiger partial charge is 0.329 e. The zero-order chi connectivity index (χ0) is 20.6. The Balaban J connectivity index is 1.60. The van der Waals surface area contributed by atoms with Crippen LogP contribution in [0.1, 0.15) is 18.4 Å². The number of rotatable bonds is 6. The minimum absolute atomic E-state index is 0.0614. The van der Waals surface area contributed by atoms with Crippen molar-refractivity contribution in [2.75, 3.05) is 18.5 Å². The number of halogens is 2. The van der Waals surface area contributed by atoms with Crippen LogP contribution < -0.4 is 16.1 Å². The van der Waals surface area contributed by atoms with Gasteiger partial charge in [-0.15, -0.1) is 0 Å². The van der Waals surface area contributed by atoms with Gasteiger partial charge in [-0.05, 0) is 43.2 Å². The lowest BCUT2D eigenvalue weighted by molar-refractivity contribution is -0.139. The molecule has 0 saturated carbocycles. The number of ether oxygens (including phenoxy) is 1. The van der Waals surface area contributed by atoms with Gasteiger partial charge in [0.15, 0.2) is 0 Å². The molecule has 3 rings (SSSR count). The minimum atomic E-state index is -0.898. The van der Waals surface area contributed by atoms with Crippen molar-refractivity contribution in [1.29, 1.82) is 0 Å². The largest absolute Gasteiger partial charge is 0.376 e. The lowest BCUT2D eigenvalue weighted by atomic mass is 10.2. The third-order valence-electron chi connectivity index (χ3n) is 4.25. The predicted octanol–water partition coefficient (Wildman–Crippen LogP) is 2.97. The molecule has 3 N–H and O–H groups in total. The molecule has 0 bridgehead atoms. The van der Waals surface area contributed by atoms with Crippen molar-refractivity contribution < 1.29 is 18.7 Å². The Hall–Kier alpha value is -2.97. The van der Waals surface area contributed by atoms with Gasteiger partial charge in [-0.2, -0.15) is 5.10 Å². The van der Waals surface area contributed by atoms with Crippen LogP contribution in [0.25, 0.3) is 0 Å². The van der Waals surface area contributed by atoms with Gasteiger partial charge < -0.3 is 15.4 Å². The van der Waals surface area contributed by atoms with Crippen LogP contribution >= 0.6 is 11.6 Å². The topological polar surface area (TPSA) is 91.8 Å². The van der Waals surface area contributed by atoms with Gasteiger partial charge in [0.05, 0.1) is 18.0 Å². The summed E-state index contributed by atoms with van der Waals surface area (Å²) in [6.07, 6.45) is 3.06. The highest BCUT2D eigenvalue weighted by Crippen LogP contribution is 2.24. The highest BCUT2D eigenvalue weighted by Gasteiger charge is 2.19. The van der Waals surface area contributed by atoms with Crippen LogP contribution in [-0.2, 0) is 14.3 Å². The Morgan fingerprint density at radius 2 is 2.03 bits per heavy atom. The van der Waals surface area contributed by atoms with Crippen LogP contribution in [0.3, 0.4) is 0 Å². The van der Waals surface area contributed by atoms with Gasteiger partial charge in [0, 0.05) is 29.4 Å². The first-order valence-corrected chi connectivity index (χ1v) is 9.44. The maximum Gasteiger partial charge on any atom is 0.329 e. The molecule has 1 saturated heterocycles. The minimum Gasteiger partial charge on any atom is -0.376 e. The molecule has 0 radical (unpaired) electrons. The molecule has 1 atom stereocenters. The van der Waals surface area contributed by atoms with Crippen molar-refractivity contribution in [3.05, 3.63) is 58.9 Å². The van der Waals surface area contributed by atoms with Gasteiger partial charge in [-0.3, -0.25) is 9.59 Å². The molecule has 0 unspecified atom stereocenters. The Morgan fingerprint density at radius 3 is 2.79 bits per heavy atom. The van der Waals surface area contributed by atoms with E-state index < -0.39 is 17.6 Å². The van der Waals surface area contributed by atoms with E-state index in [1.807, 2.05) is 0 Å². The highest BCUT2D eigenvalue weighted by molar-refractivity contribution is 6.35. The van der Waals surface area contributed by atoms with Crippen LogP contribution in [0.4, 0.5) is 15.8 Å². The first-order chi connectivity index (χ1) is 14.0. The van der Waals surface area contributed by atoms with Gasteiger partial charge in [-0.25, -0.2) is 9.82 Å². The van der Waals surface area contributed by atoms with Crippen LogP contribution in [0, 0.1) is 5.82 Å². The fourth-order valence-corrected chi connectivity index (χ4v) is 2.95. The monoisotopic (exact) mass is 418 g/mol. The second kappa shape index (κ2) is 9.99. The fourth-order valence-electron chi connectivity index (χ4n) is 2.77. The summed E-state index contributed by atoms with van der Waals surface area (Å²) >= 11 is 6.02. The number of hydrogen-bond donors (Lipinski definition) is 3. The normalized spacial score (nSPS) is 16.0. The molecule has 1 heterocycles. The fraction of sp³-hybridized carbons (Fsp3) is 0.250. The van der Waals surface area contributed by atoms with Crippen molar-refractivity contribution >= 4 is 41.0 Å². The van der Waals surface area contributed by atoms with Crippen LogP contribution in [0.15, 0.2) is 47.6 Å². The molecule has 0 aromatic heterocycles. The van der Waals surface area contributed by atoms with E-state index in [2.05, 4.69) is 21.2 Å². The van der Waals surface area contributed by atoms with Crippen LogP contribution in [0.2, 0.25) is 5.02 Å². The number of hydrogen-bond acceptors (Lipinski definition) is 5. The van der Waals surface area contributed by atoms with Crippen molar-refractivity contribution in [2.24, 2.45) is 5.10 Å². The molecular weight excluding hydrogens is 399 g/mol. The molecule has 9 heteroatoms. The second-order valence-electron chi connectivity index (χ2n) is 6.38. The van der Waals surface area contributed by atoms with E-state index in [0.717, 1.165) is 12.8 Å². The molecule has 1 fully saturated rings. The Bertz CT molecular complexity index is 916. The number of anilines is 2. The number of hydrazone groups is 1. The molecule has 29 heavy (non-hydrogen) atoms. The number of carbonyl (C=O) groups excluding carboxylic acids is 2. The molecule has 2 aromatic carbocycles. The predicted molar refractivity (Wildman–Crippen MR) is 109 cm³/mol. The van der Waals surface area contributed by atoms with E-state index in [4.69, 9.17) is 16.3 Å². The number of carbonyl (C=O) groups is 2. The summed E-state index contributed by atoms with van der Waals surface area (Å²) in [7, 11) is 0. The van der Waals surface area contributed by atoms with E-state index in [-0.39, 0.29) is 18.3 Å². The van der Waals surface area contributed by atoms with Gasteiger partial charge in [0.2, 0.25) is 0 Å². The number of nitrogens with one attached hydrogen (secondary N) is 3. The average Bonchev–Trinajstić information content (AvgIpc) is 3.23.